The first-order chi connectivity index (χ1) is 8.35. The molecule has 18 heavy (non-hydrogen) atoms. The Morgan fingerprint density at radius 1 is 1.44 bits per heavy atom. The molecular weight excluding hydrogens is 256 g/mol. The van der Waals surface area contributed by atoms with Gasteiger partial charge in [0.05, 0.1) is 17.5 Å². The average molecular weight is 274 g/mol. The van der Waals surface area contributed by atoms with E-state index in [0.717, 1.165) is 11.3 Å². The molecule has 102 valence electrons. The third kappa shape index (κ3) is 2.23. The zero-order valence-electron chi connectivity index (χ0n) is 10.5. The van der Waals surface area contributed by atoms with Gasteiger partial charge in [-0.1, -0.05) is 20.3 Å². The summed E-state index contributed by atoms with van der Waals surface area (Å²) in [5.41, 5.74) is 0. The summed E-state index contributed by atoms with van der Waals surface area (Å²) in [7, 11) is -3.10. The predicted octanol–water partition coefficient (Wildman–Crippen LogP) is 0.140. The Bertz CT molecular complexity index is 473. The van der Waals surface area contributed by atoms with E-state index in [2.05, 4.69) is 5.32 Å². The molecule has 0 spiro atoms. The van der Waals surface area contributed by atoms with Crippen molar-refractivity contribution in [2.24, 2.45) is 5.92 Å². The van der Waals surface area contributed by atoms with E-state index in [4.69, 9.17) is 0 Å². The lowest BCUT2D eigenvalue weighted by Crippen LogP contribution is -2.42. The molecule has 0 aromatic heterocycles. The molecule has 2 rings (SSSR count). The summed E-state index contributed by atoms with van der Waals surface area (Å²) in [4.78, 5) is 25.1. The fourth-order valence-electron chi connectivity index (χ4n) is 2.46. The van der Waals surface area contributed by atoms with Crippen LogP contribution in [0.1, 0.15) is 26.7 Å². The van der Waals surface area contributed by atoms with E-state index in [1.165, 1.54) is 0 Å². The first kappa shape index (κ1) is 13.3. The van der Waals surface area contributed by atoms with Crippen LogP contribution in [-0.2, 0) is 14.6 Å². The van der Waals surface area contributed by atoms with Crippen LogP contribution in [0.25, 0.3) is 0 Å². The molecule has 1 N–H and O–H groups in total. The molecular formula is C11H18N2O4S. The van der Waals surface area contributed by atoms with Gasteiger partial charge in [0.2, 0.25) is 0 Å². The van der Waals surface area contributed by atoms with E-state index in [-0.39, 0.29) is 23.3 Å². The fraction of sp³-hybridized carbons (Fsp3) is 0.818. The lowest BCUT2D eigenvalue weighted by molar-refractivity contribution is -0.129. The summed E-state index contributed by atoms with van der Waals surface area (Å²) in [5, 5.41) is 2.65. The van der Waals surface area contributed by atoms with Crippen molar-refractivity contribution in [1.29, 1.82) is 0 Å². The van der Waals surface area contributed by atoms with Gasteiger partial charge in [0.25, 0.3) is 5.91 Å². The monoisotopic (exact) mass is 274 g/mol. The molecule has 6 nitrogen and oxygen atoms in total. The van der Waals surface area contributed by atoms with Crippen molar-refractivity contribution < 1.29 is 18.0 Å². The Morgan fingerprint density at radius 3 is 2.61 bits per heavy atom. The number of rotatable bonds is 3. The Balaban J connectivity index is 2.15. The number of nitrogens with one attached hydrogen (secondary N) is 1. The van der Waals surface area contributed by atoms with Crippen molar-refractivity contribution >= 4 is 21.8 Å². The van der Waals surface area contributed by atoms with Crippen LogP contribution < -0.4 is 5.32 Å². The minimum Gasteiger partial charge on any atom is -0.326 e. The summed E-state index contributed by atoms with van der Waals surface area (Å²) in [6.07, 6.45) is 1.14. The summed E-state index contributed by atoms with van der Waals surface area (Å²) in [6, 6.07) is -1.45. The van der Waals surface area contributed by atoms with Gasteiger partial charge in [0, 0.05) is 0 Å². The normalized spacial score (nSPS) is 32.7. The molecule has 0 aliphatic carbocycles. The highest BCUT2D eigenvalue weighted by Crippen LogP contribution is 2.24. The summed E-state index contributed by atoms with van der Waals surface area (Å²) in [6.45, 7) is 3.85. The predicted molar refractivity (Wildman–Crippen MR) is 65.7 cm³/mol. The van der Waals surface area contributed by atoms with E-state index in [1.54, 1.807) is 0 Å². The van der Waals surface area contributed by atoms with Crippen molar-refractivity contribution in [2.75, 3.05) is 11.5 Å². The molecule has 0 saturated carbocycles. The number of sulfone groups is 1. The maximum atomic E-state index is 12.2. The number of hydrogen-bond acceptors (Lipinski definition) is 4. The average Bonchev–Trinajstić information content (AvgIpc) is 2.78. The third-order valence-corrected chi connectivity index (χ3v) is 5.54. The summed E-state index contributed by atoms with van der Waals surface area (Å²) in [5.74, 6) is -0.261. The van der Waals surface area contributed by atoms with Gasteiger partial charge in [-0.15, -0.1) is 0 Å². The highest BCUT2D eigenvalue weighted by Gasteiger charge is 2.46. The molecule has 3 amide bonds. The second-order valence-electron chi connectivity index (χ2n) is 5.08. The standard InChI is InChI=1S/C11H18N2O4S/c1-3-7(2)9-10(14)13(11(15)12-9)8-4-5-18(16,17)6-8/h7-9H,3-6H2,1-2H3,(H,12,15)/t7-,8?,9+/m1/s1. The zero-order valence-corrected chi connectivity index (χ0v) is 11.4. The van der Waals surface area contributed by atoms with Crippen LogP contribution in [-0.4, -0.2) is 48.8 Å². The summed E-state index contributed by atoms with van der Waals surface area (Å²) >= 11 is 0. The van der Waals surface area contributed by atoms with E-state index in [0.29, 0.717) is 6.42 Å². The Hall–Kier alpha value is -1.11. The minimum absolute atomic E-state index is 0.0583. The lowest BCUT2D eigenvalue weighted by Gasteiger charge is -2.20. The first-order valence-corrected chi connectivity index (χ1v) is 8.02. The number of carbonyl (C=O) groups is 2. The third-order valence-electron chi connectivity index (χ3n) is 3.79. The Labute approximate surface area is 107 Å². The number of nitrogens with zero attached hydrogens (tertiary/aromatic N) is 1. The van der Waals surface area contributed by atoms with Crippen molar-refractivity contribution in [3.05, 3.63) is 0 Å². The van der Waals surface area contributed by atoms with E-state index < -0.39 is 28.0 Å². The minimum atomic E-state index is -3.10. The largest absolute Gasteiger partial charge is 0.326 e. The number of imide groups is 1. The smallest absolute Gasteiger partial charge is 0.325 e. The molecule has 2 aliphatic rings. The van der Waals surface area contributed by atoms with Crippen molar-refractivity contribution in [3.63, 3.8) is 0 Å². The number of hydrogen-bond donors (Lipinski definition) is 1. The zero-order chi connectivity index (χ0) is 13.5. The van der Waals surface area contributed by atoms with Crippen LogP contribution >= 0.6 is 0 Å². The molecule has 2 fully saturated rings. The second kappa shape index (κ2) is 4.53. The van der Waals surface area contributed by atoms with Crippen LogP contribution in [0.3, 0.4) is 0 Å². The molecule has 7 heteroatoms. The summed E-state index contributed by atoms with van der Waals surface area (Å²) < 4.78 is 22.8. The van der Waals surface area contributed by atoms with E-state index >= 15 is 0 Å². The highest BCUT2D eigenvalue weighted by molar-refractivity contribution is 7.91. The van der Waals surface area contributed by atoms with Gasteiger partial charge >= 0.3 is 6.03 Å². The van der Waals surface area contributed by atoms with Crippen molar-refractivity contribution in [2.45, 2.75) is 38.8 Å². The molecule has 0 aromatic carbocycles. The molecule has 2 heterocycles. The van der Waals surface area contributed by atoms with Gasteiger partial charge in [0.15, 0.2) is 9.84 Å². The van der Waals surface area contributed by atoms with Gasteiger partial charge in [-0.05, 0) is 12.3 Å². The SMILES string of the molecule is CC[C@@H](C)[C@@H]1NC(=O)N(C2CCS(=O)(=O)C2)C1=O. The van der Waals surface area contributed by atoms with Crippen molar-refractivity contribution in [1.82, 2.24) is 10.2 Å². The number of urea groups is 1. The molecule has 0 bridgehead atoms. The maximum Gasteiger partial charge on any atom is 0.325 e. The van der Waals surface area contributed by atoms with Crippen LogP contribution in [0.4, 0.5) is 4.79 Å². The van der Waals surface area contributed by atoms with E-state index in [1.807, 2.05) is 13.8 Å². The number of amides is 3. The Morgan fingerprint density at radius 2 is 2.11 bits per heavy atom. The van der Waals surface area contributed by atoms with Crippen LogP contribution in [0.2, 0.25) is 0 Å². The van der Waals surface area contributed by atoms with Crippen molar-refractivity contribution in [3.8, 4) is 0 Å². The Kier molecular flexibility index (Phi) is 3.35. The molecule has 2 saturated heterocycles. The lowest BCUT2D eigenvalue weighted by atomic mass is 9.99. The molecule has 0 radical (unpaired) electrons. The highest BCUT2D eigenvalue weighted by atomic mass is 32.2. The van der Waals surface area contributed by atoms with Gasteiger partial charge in [-0.2, -0.15) is 0 Å². The number of carbonyl (C=O) groups excluding carboxylic acids is 2. The topological polar surface area (TPSA) is 83.6 Å². The molecule has 3 atom stereocenters. The van der Waals surface area contributed by atoms with E-state index in [9.17, 15) is 18.0 Å². The second-order valence-corrected chi connectivity index (χ2v) is 7.31. The van der Waals surface area contributed by atoms with Gasteiger partial charge in [0.1, 0.15) is 6.04 Å². The molecule has 1 unspecified atom stereocenters. The van der Waals surface area contributed by atoms with Crippen LogP contribution in [0.5, 0.6) is 0 Å². The van der Waals surface area contributed by atoms with Crippen LogP contribution in [0, 0.1) is 5.92 Å². The van der Waals surface area contributed by atoms with Gasteiger partial charge in [-0.3, -0.25) is 9.69 Å². The molecule has 2 aliphatic heterocycles. The molecule has 0 aromatic rings. The van der Waals surface area contributed by atoms with Crippen LogP contribution in [0.15, 0.2) is 0 Å². The fourth-order valence-corrected chi connectivity index (χ4v) is 4.16. The van der Waals surface area contributed by atoms with Gasteiger partial charge < -0.3 is 5.32 Å². The maximum absolute atomic E-state index is 12.2. The quantitative estimate of drug-likeness (QED) is 0.742. The first-order valence-electron chi connectivity index (χ1n) is 6.19. The van der Waals surface area contributed by atoms with Gasteiger partial charge in [-0.25, -0.2) is 13.2 Å².